The monoisotopic (exact) mass is 619 g/mol. The molecule has 2 aliphatic heterocycles. The number of nitrogen functional groups attached to an aromatic ring is 1. The van der Waals surface area contributed by atoms with Crippen molar-refractivity contribution in [2.45, 2.75) is 43.7 Å². The fourth-order valence-electron chi connectivity index (χ4n) is 4.36. The molecular formula is C23H22Cl2F3N7O6. The van der Waals surface area contributed by atoms with Crippen molar-refractivity contribution < 1.29 is 42.1 Å². The molecule has 220 valence electrons. The molecule has 41 heavy (non-hydrogen) atoms. The minimum atomic E-state index is -5.36. The Labute approximate surface area is 239 Å². The number of anilines is 2. The number of alkyl halides is 3. The summed E-state index contributed by atoms with van der Waals surface area (Å²) in [6.07, 6.45) is -11.6. The van der Waals surface area contributed by atoms with Crippen LogP contribution in [0.4, 0.5) is 24.9 Å². The third kappa shape index (κ3) is 5.64. The van der Waals surface area contributed by atoms with Crippen molar-refractivity contribution in [2.75, 3.05) is 30.3 Å². The molecule has 0 unspecified atom stereocenters. The molecule has 0 aliphatic carbocycles. The SMILES string of the molecule is CCNC(=O)[C@@H]1O[C@@H](n2cnc3c(N)nc(N4CC(Oc5ccc(Cl)c(Cl)c5)C4)nc32)[C@@H](OC(=O)C(F)(F)F)[C@H]1O. The number of carbonyl (C=O) groups excluding carboxylic acids is 2. The molecule has 4 atom stereocenters. The lowest BCUT2D eigenvalue weighted by Gasteiger charge is -2.39. The molecule has 0 bridgehead atoms. The first kappa shape index (κ1) is 28.9. The van der Waals surface area contributed by atoms with E-state index in [-0.39, 0.29) is 35.6 Å². The highest BCUT2D eigenvalue weighted by Gasteiger charge is 2.53. The van der Waals surface area contributed by atoms with E-state index in [0.717, 1.165) is 10.9 Å². The zero-order valence-electron chi connectivity index (χ0n) is 21.0. The second-order valence-electron chi connectivity index (χ2n) is 9.15. The summed E-state index contributed by atoms with van der Waals surface area (Å²) in [5.74, 6) is -2.78. The van der Waals surface area contributed by atoms with Gasteiger partial charge in [-0.05, 0) is 19.1 Å². The van der Waals surface area contributed by atoms with Gasteiger partial charge in [0.25, 0.3) is 5.91 Å². The summed E-state index contributed by atoms with van der Waals surface area (Å²) in [5.41, 5.74) is 6.16. The second-order valence-corrected chi connectivity index (χ2v) is 9.97. The lowest BCUT2D eigenvalue weighted by molar-refractivity contribution is -0.211. The molecule has 18 heteroatoms. The number of carbonyl (C=O) groups is 2. The average Bonchev–Trinajstić information content (AvgIpc) is 3.44. The van der Waals surface area contributed by atoms with Crippen LogP contribution < -0.4 is 20.7 Å². The fraction of sp³-hybridized carbons (Fsp3) is 0.435. The van der Waals surface area contributed by atoms with E-state index in [1.807, 2.05) is 0 Å². The van der Waals surface area contributed by atoms with Crippen molar-refractivity contribution >= 4 is 58.0 Å². The number of aliphatic hydroxyl groups is 1. The minimum Gasteiger partial charge on any atom is -0.487 e. The van der Waals surface area contributed by atoms with Crippen molar-refractivity contribution in [1.29, 1.82) is 0 Å². The Morgan fingerprint density at radius 2 is 1.98 bits per heavy atom. The molecule has 3 aromatic rings. The summed E-state index contributed by atoms with van der Waals surface area (Å²) in [4.78, 5) is 38.6. The number of benzene rings is 1. The lowest BCUT2D eigenvalue weighted by atomic mass is 10.1. The summed E-state index contributed by atoms with van der Waals surface area (Å²) in [5, 5.41) is 13.8. The number of esters is 1. The molecular weight excluding hydrogens is 598 g/mol. The van der Waals surface area contributed by atoms with Crippen molar-refractivity contribution in [1.82, 2.24) is 24.8 Å². The number of halogens is 5. The highest BCUT2D eigenvalue weighted by Crippen LogP contribution is 2.36. The zero-order chi connectivity index (χ0) is 29.6. The van der Waals surface area contributed by atoms with E-state index in [2.05, 4.69) is 25.0 Å². The van der Waals surface area contributed by atoms with Gasteiger partial charge in [-0.25, -0.2) is 9.78 Å². The van der Waals surface area contributed by atoms with Gasteiger partial charge in [-0.2, -0.15) is 23.1 Å². The van der Waals surface area contributed by atoms with Gasteiger partial charge in [-0.1, -0.05) is 23.2 Å². The number of ether oxygens (including phenoxy) is 3. The van der Waals surface area contributed by atoms with E-state index in [1.165, 1.54) is 0 Å². The summed E-state index contributed by atoms with van der Waals surface area (Å²) in [7, 11) is 0. The molecule has 4 N–H and O–H groups in total. The van der Waals surface area contributed by atoms with Crippen LogP contribution >= 0.6 is 23.2 Å². The molecule has 13 nitrogen and oxygen atoms in total. The van der Waals surface area contributed by atoms with E-state index in [9.17, 15) is 27.9 Å². The number of imidazole rings is 1. The van der Waals surface area contributed by atoms with Gasteiger partial charge in [0.1, 0.15) is 23.5 Å². The number of aromatic nitrogens is 4. The van der Waals surface area contributed by atoms with Gasteiger partial charge < -0.3 is 35.3 Å². The summed E-state index contributed by atoms with van der Waals surface area (Å²) in [6, 6.07) is 4.85. The van der Waals surface area contributed by atoms with Crippen LogP contribution in [0.2, 0.25) is 10.0 Å². The van der Waals surface area contributed by atoms with Gasteiger partial charge in [0.15, 0.2) is 29.9 Å². The zero-order valence-corrected chi connectivity index (χ0v) is 22.5. The number of hydrogen-bond donors (Lipinski definition) is 3. The number of hydrogen-bond acceptors (Lipinski definition) is 11. The van der Waals surface area contributed by atoms with Gasteiger partial charge in [0, 0.05) is 12.6 Å². The predicted molar refractivity (Wildman–Crippen MR) is 137 cm³/mol. The first-order valence-electron chi connectivity index (χ1n) is 12.1. The number of rotatable bonds is 7. The average molecular weight is 620 g/mol. The second kappa shape index (κ2) is 11.0. The van der Waals surface area contributed by atoms with Crippen LogP contribution in [-0.4, -0.2) is 86.7 Å². The minimum absolute atomic E-state index is 0.00292. The molecule has 2 aliphatic rings. The van der Waals surface area contributed by atoms with Gasteiger partial charge in [-0.3, -0.25) is 9.36 Å². The Bertz CT molecular complexity index is 1490. The van der Waals surface area contributed by atoms with Crippen molar-refractivity contribution in [3.8, 4) is 5.75 Å². The number of amides is 1. The normalized spacial score (nSPS) is 23.0. The number of aliphatic hydroxyl groups excluding tert-OH is 1. The van der Waals surface area contributed by atoms with E-state index >= 15 is 0 Å². The van der Waals surface area contributed by atoms with Crippen LogP contribution in [0.15, 0.2) is 24.5 Å². The molecule has 2 saturated heterocycles. The largest absolute Gasteiger partial charge is 0.490 e. The van der Waals surface area contributed by atoms with Gasteiger partial charge in [-0.15, -0.1) is 0 Å². The highest BCUT2D eigenvalue weighted by atomic mass is 35.5. The number of nitrogens with two attached hydrogens (primary N) is 1. The maximum atomic E-state index is 13.0. The van der Waals surface area contributed by atoms with Crippen LogP contribution in [0.5, 0.6) is 5.75 Å². The number of fused-ring (bicyclic) bond motifs is 1. The van der Waals surface area contributed by atoms with E-state index in [4.69, 9.17) is 38.4 Å². The Kier molecular flexibility index (Phi) is 7.76. The van der Waals surface area contributed by atoms with Gasteiger partial charge in [0.05, 0.1) is 29.5 Å². The molecule has 2 aromatic heterocycles. The topological polar surface area (TPSA) is 167 Å². The van der Waals surface area contributed by atoms with E-state index in [1.54, 1.807) is 30.0 Å². The Hall–Kier alpha value is -3.60. The number of nitrogens with one attached hydrogen (secondary N) is 1. The smallest absolute Gasteiger partial charge is 0.487 e. The van der Waals surface area contributed by atoms with E-state index in [0.29, 0.717) is 28.9 Å². The molecule has 1 aromatic carbocycles. The van der Waals surface area contributed by atoms with Crippen LogP contribution in [0.1, 0.15) is 13.2 Å². The standard InChI is InChI=1S/C23H22Cl2F3N7O6/c1-2-30-19(37)15-14(36)16(41-21(38)23(26,27)28)20(40-15)35-8-31-13-17(29)32-22(33-18(13)35)34-6-10(7-34)39-9-3-4-11(24)12(25)5-9/h3-5,8,10,14-16,20,36H,2,6-7H2,1H3,(H,30,37)(H2,29,32,33)/t14-,15+,16-,20+/m0/s1. The highest BCUT2D eigenvalue weighted by molar-refractivity contribution is 6.42. The number of likely N-dealkylation sites (N-methyl/N-ethyl adjacent to an activating group) is 1. The third-order valence-electron chi connectivity index (χ3n) is 6.33. The van der Waals surface area contributed by atoms with Crippen LogP contribution in [0.25, 0.3) is 11.2 Å². The fourth-order valence-corrected chi connectivity index (χ4v) is 4.64. The van der Waals surface area contributed by atoms with Crippen molar-refractivity contribution in [3.63, 3.8) is 0 Å². The van der Waals surface area contributed by atoms with Crippen LogP contribution in [0, 0.1) is 0 Å². The molecule has 5 rings (SSSR count). The summed E-state index contributed by atoms with van der Waals surface area (Å²) >= 11 is 12.0. The molecule has 2 fully saturated rings. The molecule has 1 amide bonds. The van der Waals surface area contributed by atoms with E-state index < -0.39 is 42.6 Å². The predicted octanol–water partition coefficient (Wildman–Crippen LogP) is 1.85. The van der Waals surface area contributed by atoms with Crippen molar-refractivity contribution in [3.05, 3.63) is 34.6 Å². The molecule has 0 radical (unpaired) electrons. The third-order valence-corrected chi connectivity index (χ3v) is 7.07. The number of nitrogens with zero attached hydrogens (tertiary/aromatic N) is 5. The van der Waals surface area contributed by atoms with Gasteiger partial charge >= 0.3 is 12.1 Å². The molecule has 0 spiro atoms. The maximum Gasteiger partial charge on any atom is 0.490 e. The van der Waals surface area contributed by atoms with Crippen molar-refractivity contribution in [2.24, 2.45) is 0 Å². The first-order valence-corrected chi connectivity index (χ1v) is 12.9. The Morgan fingerprint density at radius 3 is 2.63 bits per heavy atom. The Morgan fingerprint density at radius 1 is 1.24 bits per heavy atom. The van der Waals surface area contributed by atoms with Gasteiger partial charge in [0.2, 0.25) is 5.95 Å². The Balaban J connectivity index is 1.40. The van der Waals surface area contributed by atoms with Crippen LogP contribution in [-0.2, 0) is 19.1 Å². The maximum absolute atomic E-state index is 13.0. The summed E-state index contributed by atoms with van der Waals surface area (Å²) in [6.45, 7) is 2.44. The quantitative estimate of drug-likeness (QED) is 0.330. The summed E-state index contributed by atoms with van der Waals surface area (Å²) < 4.78 is 56.2. The lowest BCUT2D eigenvalue weighted by Crippen LogP contribution is -2.54. The van der Waals surface area contributed by atoms with Crippen LogP contribution in [0.3, 0.4) is 0 Å². The molecule has 4 heterocycles. The molecule has 0 saturated carbocycles. The first-order chi connectivity index (χ1) is 19.4.